The summed E-state index contributed by atoms with van der Waals surface area (Å²) in [4.78, 5) is 14.7. The average molecular weight is 281 g/mol. The van der Waals surface area contributed by atoms with Crippen LogP contribution in [-0.2, 0) is 4.79 Å². The molecule has 0 aromatic rings. The highest BCUT2D eigenvalue weighted by Gasteiger charge is 2.31. The fourth-order valence-electron chi connectivity index (χ4n) is 2.96. The Morgan fingerprint density at radius 3 is 2.65 bits per heavy atom. The third-order valence-electron chi connectivity index (χ3n) is 4.77. The maximum atomic E-state index is 12.3. The molecule has 1 saturated carbocycles. The van der Waals surface area contributed by atoms with E-state index < -0.39 is 0 Å². The SMILES string of the molecule is CCC(C)NC(=O)C(C)N1CCCCC1CNC1CC1. The normalized spacial score (nSPS) is 27.1. The average Bonchev–Trinajstić information content (AvgIpc) is 3.28. The van der Waals surface area contributed by atoms with Crippen LogP contribution in [0.15, 0.2) is 0 Å². The largest absolute Gasteiger partial charge is 0.352 e. The zero-order chi connectivity index (χ0) is 14.5. The van der Waals surface area contributed by atoms with E-state index in [0.29, 0.717) is 6.04 Å². The van der Waals surface area contributed by atoms with Gasteiger partial charge in [-0.3, -0.25) is 9.69 Å². The van der Waals surface area contributed by atoms with Crippen molar-refractivity contribution in [1.82, 2.24) is 15.5 Å². The molecule has 1 saturated heterocycles. The van der Waals surface area contributed by atoms with Crippen LogP contribution in [0.3, 0.4) is 0 Å². The number of hydrogen-bond acceptors (Lipinski definition) is 3. The van der Waals surface area contributed by atoms with E-state index in [1.807, 2.05) is 0 Å². The Hall–Kier alpha value is -0.610. The minimum Gasteiger partial charge on any atom is -0.352 e. The second kappa shape index (κ2) is 7.41. The molecule has 0 radical (unpaired) electrons. The lowest BCUT2D eigenvalue weighted by molar-refractivity contribution is -0.128. The van der Waals surface area contributed by atoms with Gasteiger partial charge in [-0.15, -0.1) is 0 Å². The molecular formula is C16H31N3O. The first kappa shape index (κ1) is 15.8. The molecule has 3 atom stereocenters. The Morgan fingerprint density at radius 1 is 1.25 bits per heavy atom. The molecule has 0 aromatic carbocycles. The minimum atomic E-state index is -0.00435. The van der Waals surface area contributed by atoms with Crippen LogP contribution in [0.25, 0.3) is 0 Å². The number of carbonyl (C=O) groups excluding carboxylic acids is 1. The van der Waals surface area contributed by atoms with Gasteiger partial charge in [0.05, 0.1) is 6.04 Å². The van der Waals surface area contributed by atoms with Crippen molar-refractivity contribution in [3.63, 3.8) is 0 Å². The zero-order valence-electron chi connectivity index (χ0n) is 13.3. The van der Waals surface area contributed by atoms with E-state index in [2.05, 4.69) is 36.3 Å². The maximum Gasteiger partial charge on any atom is 0.237 e. The number of likely N-dealkylation sites (tertiary alicyclic amines) is 1. The summed E-state index contributed by atoms with van der Waals surface area (Å²) in [6.07, 6.45) is 7.40. The molecule has 0 spiro atoms. The van der Waals surface area contributed by atoms with Gasteiger partial charge in [-0.25, -0.2) is 0 Å². The number of nitrogens with zero attached hydrogens (tertiary/aromatic N) is 1. The third kappa shape index (κ3) is 4.45. The lowest BCUT2D eigenvalue weighted by atomic mass is 9.99. The highest BCUT2D eigenvalue weighted by molar-refractivity contribution is 5.81. The number of amides is 1. The van der Waals surface area contributed by atoms with Gasteiger partial charge in [0.1, 0.15) is 0 Å². The van der Waals surface area contributed by atoms with E-state index in [1.165, 1.54) is 32.1 Å². The van der Waals surface area contributed by atoms with Gasteiger partial charge in [0.2, 0.25) is 5.91 Å². The van der Waals surface area contributed by atoms with Crippen LogP contribution in [0.4, 0.5) is 0 Å². The Bertz CT molecular complexity index is 317. The topological polar surface area (TPSA) is 44.4 Å². The Morgan fingerprint density at radius 2 is 2.00 bits per heavy atom. The van der Waals surface area contributed by atoms with Crippen LogP contribution >= 0.6 is 0 Å². The first-order chi connectivity index (χ1) is 9.61. The molecule has 2 fully saturated rings. The van der Waals surface area contributed by atoms with E-state index >= 15 is 0 Å². The zero-order valence-corrected chi connectivity index (χ0v) is 13.3. The van der Waals surface area contributed by atoms with Crippen LogP contribution in [0.1, 0.15) is 59.3 Å². The molecule has 1 aliphatic carbocycles. The predicted molar refractivity (Wildman–Crippen MR) is 82.7 cm³/mol. The van der Waals surface area contributed by atoms with Crippen molar-refractivity contribution >= 4 is 5.91 Å². The van der Waals surface area contributed by atoms with Crippen LogP contribution < -0.4 is 10.6 Å². The summed E-state index contributed by atoms with van der Waals surface area (Å²) in [7, 11) is 0. The molecule has 0 bridgehead atoms. The number of hydrogen-bond donors (Lipinski definition) is 2. The van der Waals surface area contributed by atoms with Crippen LogP contribution in [-0.4, -0.2) is 48.1 Å². The minimum absolute atomic E-state index is 0.00435. The summed E-state index contributed by atoms with van der Waals surface area (Å²) >= 11 is 0. The predicted octanol–water partition coefficient (Wildman–Crippen LogP) is 1.90. The highest BCUT2D eigenvalue weighted by atomic mass is 16.2. The van der Waals surface area contributed by atoms with Crippen molar-refractivity contribution in [3.05, 3.63) is 0 Å². The van der Waals surface area contributed by atoms with E-state index in [-0.39, 0.29) is 18.0 Å². The molecule has 4 nitrogen and oxygen atoms in total. The second-order valence-corrected chi connectivity index (χ2v) is 6.56. The summed E-state index contributed by atoms with van der Waals surface area (Å²) in [5.74, 6) is 0.192. The molecule has 1 aliphatic heterocycles. The number of rotatable bonds is 7. The van der Waals surface area contributed by atoms with Crippen molar-refractivity contribution in [2.75, 3.05) is 13.1 Å². The first-order valence-electron chi connectivity index (χ1n) is 8.41. The molecule has 1 heterocycles. The van der Waals surface area contributed by atoms with Crippen LogP contribution in [0, 0.1) is 0 Å². The van der Waals surface area contributed by atoms with Gasteiger partial charge in [-0.2, -0.15) is 0 Å². The molecule has 2 rings (SSSR count). The van der Waals surface area contributed by atoms with Gasteiger partial charge in [0.25, 0.3) is 0 Å². The standard InChI is InChI=1S/C16H31N3O/c1-4-12(2)18-16(20)13(3)19-10-6-5-7-15(19)11-17-14-8-9-14/h12-15,17H,4-11H2,1-3H3,(H,18,20). The number of piperidine rings is 1. The molecule has 4 heteroatoms. The van der Waals surface area contributed by atoms with Gasteiger partial charge in [-0.05, 0) is 52.5 Å². The van der Waals surface area contributed by atoms with Crippen LogP contribution in [0.5, 0.6) is 0 Å². The van der Waals surface area contributed by atoms with E-state index in [1.54, 1.807) is 0 Å². The number of carbonyl (C=O) groups is 1. The smallest absolute Gasteiger partial charge is 0.237 e. The lowest BCUT2D eigenvalue weighted by Crippen LogP contribution is -2.55. The van der Waals surface area contributed by atoms with E-state index in [4.69, 9.17) is 0 Å². The fourth-order valence-corrected chi connectivity index (χ4v) is 2.96. The Kier molecular flexibility index (Phi) is 5.85. The Labute approximate surface area is 123 Å². The van der Waals surface area contributed by atoms with Crippen molar-refractivity contribution in [2.24, 2.45) is 0 Å². The molecule has 1 amide bonds. The molecular weight excluding hydrogens is 250 g/mol. The summed E-state index contributed by atoms with van der Waals surface area (Å²) in [5.41, 5.74) is 0. The molecule has 2 aliphatic rings. The van der Waals surface area contributed by atoms with E-state index in [0.717, 1.165) is 25.6 Å². The van der Waals surface area contributed by atoms with Gasteiger partial charge in [0, 0.05) is 24.7 Å². The molecule has 0 aromatic heterocycles. The highest BCUT2D eigenvalue weighted by Crippen LogP contribution is 2.22. The Balaban J connectivity index is 1.86. The third-order valence-corrected chi connectivity index (χ3v) is 4.77. The molecule has 116 valence electrons. The fraction of sp³-hybridized carbons (Fsp3) is 0.938. The van der Waals surface area contributed by atoms with E-state index in [9.17, 15) is 4.79 Å². The van der Waals surface area contributed by atoms with Crippen molar-refractivity contribution in [1.29, 1.82) is 0 Å². The van der Waals surface area contributed by atoms with Gasteiger partial charge in [0.15, 0.2) is 0 Å². The van der Waals surface area contributed by atoms with Crippen LogP contribution in [0.2, 0.25) is 0 Å². The molecule has 3 unspecified atom stereocenters. The summed E-state index contributed by atoms with van der Waals surface area (Å²) < 4.78 is 0. The number of nitrogens with one attached hydrogen (secondary N) is 2. The quantitative estimate of drug-likeness (QED) is 0.749. The monoisotopic (exact) mass is 281 g/mol. The molecule has 2 N–H and O–H groups in total. The van der Waals surface area contributed by atoms with Crippen molar-refractivity contribution in [2.45, 2.75) is 83.5 Å². The summed E-state index contributed by atoms with van der Waals surface area (Å²) in [6.45, 7) is 8.36. The van der Waals surface area contributed by atoms with Gasteiger partial charge >= 0.3 is 0 Å². The summed E-state index contributed by atoms with van der Waals surface area (Å²) in [5, 5.41) is 6.75. The first-order valence-corrected chi connectivity index (χ1v) is 8.41. The van der Waals surface area contributed by atoms with Gasteiger partial charge < -0.3 is 10.6 Å². The van der Waals surface area contributed by atoms with Gasteiger partial charge in [-0.1, -0.05) is 13.3 Å². The second-order valence-electron chi connectivity index (χ2n) is 6.56. The van der Waals surface area contributed by atoms with Crippen molar-refractivity contribution in [3.8, 4) is 0 Å². The maximum absolute atomic E-state index is 12.3. The summed E-state index contributed by atoms with van der Waals surface area (Å²) in [6, 6.07) is 1.55. The van der Waals surface area contributed by atoms with Crippen molar-refractivity contribution < 1.29 is 4.79 Å². The molecule has 20 heavy (non-hydrogen) atoms. The lowest BCUT2D eigenvalue weighted by Gasteiger charge is -2.39.